The Hall–Kier alpha value is -3.07. The molecule has 4 bridgehead atoms. The van der Waals surface area contributed by atoms with E-state index < -0.39 is 43.9 Å². The van der Waals surface area contributed by atoms with E-state index in [0.717, 1.165) is 11.1 Å². The molecule has 4 aliphatic heterocycles. The summed E-state index contributed by atoms with van der Waals surface area (Å²) in [5.74, 6) is -0.494. The minimum absolute atomic E-state index is 0.0894. The molecule has 0 saturated carbocycles. The smallest absolute Gasteiger partial charge is 0.190 e. The first-order valence-corrected chi connectivity index (χ1v) is 14.8. The molecule has 0 radical (unpaired) electrons. The fourth-order valence-corrected chi connectivity index (χ4v) is 9.65. The quantitative estimate of drug-likeness (QED) is 0.347. The predicted octanol–water partition coefficient (Wildman–Crippen LogP) is 4.66. The zero-order chi connectivity index (χ0) is 26.6. The Labute approximate surface area is 228 Å². The van der Waals surface area contributed by atoms with Crippen LogP contribution in [0.1, 0.15) is 11.1 Å². The van der Waals surface area contributed by atoms with Crippen molar-refractivity contribution in [3.05, 3.63) is 126 Å². The maximum Gasteiger partial charge on any atom is 0.190 e. The molecule has 3 aromatic rings. The second-order valence-electron chi connectivity index (χ2n) is 10.7. The Morgan fingerprint density at radius 3 is 1.92 bits per heavy atom. The van der Waals surface area contributed by atoms with Crippen LogP contribution in [0.25, 0.3) is 0 Å². The van der Waals surface area contributed by atoms with E-state index in [1.54, 1.807) is 24.3 Å². The van der Waals surface area contributed by atoms with Crippen molar-refractivity contribution in [3.63, 3.8) is 0 Å². The van der Waals surface area contributed by atoms with E-state index in [2.05, 4.69) is 0 Å². The Morgan fingerprint density at radius 1 is 0.692 bits per heavy atom. The van der Waals surface area contributed by atoms with Gasteiger partial charge in [-0.2, -0.15) is 0 Å². The largest absolute Gasteiger partial charge is 0.373 e. The topological polar surface area (TPSA) is 71.1 Å². The molecule has 4 heterocycles. The number of hydrogen-bond acceptors (Lipinski definition) is 6. The average Bonchev–Trinajstić information content (AvgIpc) is 3.73. The second kappa shape index (κ2) is 9.25. The lowest BCUT2D eigenvalue weighted by atomic mass is 9.65. The van der Waals surface area contributed by atoms with Crippen molar-refractivity contribution < 1.29 is 27.4 Å². The Morgan fingerprint density at radius 2 is 1.28 bits per heavy atom. The number of benzene rings is 3. The first-order valence-electron chi connectivity index (χ1n) is 13.3. The number of rotatable bonds is 10. The van der Waals surface area contributed by atoms with E-state index in [9.17, 15) is 8.42 Å². The second-order valence-corrected chi connectivity index (χ2v) is 12.9. The molecule has 39 heavy (non-hydrogen) atoms. The van der Waals surface area contributed by atoms with Crippen LogP contribution < -0.4 is 0 Å². The van der Waals surface area contributed by atoms with Gasteiger partial charge in [-0.1, -0.05) is 103 Å². The summed E-state index contributed by atoms with van der Waals surface area (Å²) in [7, 11) is -3.96. The van der Waals surface area contributed by atoms with E-state index in [-0.39, 0.29) is 18.1 Å². The van der Waals surface area contributed by atoms with Crippen molar-refractivity contribution in [1.29, 1.82) is 0 Å². The van der Waals surface area contributed by atoms with Crippen LogP contribution >= 0.6 is 0 Å². The molecule has 6 atom stereocenters. The normalized spacial score (nSPS) is 33.6. The molecule has 0 N–H and O–H groups in total. The third-order valence-corrected chi connectivity index (χ3v) is 11.2. The molecule has 6 nitrogen and oxygen atoms in total. The maximum atomic E-state index is 14.8. The molecule has 7 heteroatoms. The third-order valence-electron chi connectivity index (χ3n) is 8.57. The van der Waals surface area contributed by atoms with Gasteiger partial charge in [0.05, 0.1) is 43.3 Å². The Kier molecular flexibility index (Phi) is 5.91. The van der Waals surface area contributed by atoms with Crippen LogP contribution in [-0.2, 0) is 42.0 Å². The number of hydrogen-bond donors (Lipinski definition) is 0. The molecular formula is C32H30O6S. The van der Waals surface area contributed by atoms with Crippen molar-refractivity contribution in [2.45, 2.75) is 46.3 Å². The number of ether oxygens (including phenoxy) is 4. The monoisotopic (exact) mass is 542 g/mol. The summed E-state index contributed by atoms with van der Waals surface area (Å²) in [5.41, 5.74) is -0.0828. The standard InChI is InChI=1S/C32H30O6S/c33-39(34,26-14-8-3-9-15-26)32-28-17-18-30(38-28,22-35-20-24-10-4-1-5-11-24)29(32)27-16-19-31(32,37-27)23-36-21-25-12-6-2-7-13-25/h1-19,27-29H,20-23H2/t27-,28+,29+,30+,31-,32+/m1/s1. The van der Waals surface area contributed by atoms with Gasteiger partial charge < -0.3 is 18.9 Å². The molecule has 200 valence electrons. The summed E-state index contributed by atoms with van der Waals surface area (Å²) in [6.45, 7) is 1.07. The first kappa shape index (κ1) is 24.9. The van der Waals surface area contributed by atoms with Gasteiger partial charge in [0, 0.05) is 0 Å². The van der Waals surface area contributed by atoms with Crippen LogP contribution in [0.5, 0.6) is 0 Å². The van der Waals surface area contributed by atoms with Crippen LogP contribution in [0.2, 0.25) is 0 Å². The van der Waals surface area contributed by atoms with Gasteiger partial charge in [0.25, 0.3) is 0 Å². The van der Waals surface area contributed by atoms with Gasteiger partial charge in [-0.25, -0.2) is 8.42 Å². The van der Waals surface area contributed by atoms with Crippen LogP contribution in [0.15, 0.2) is 120 Å². The molecule has 0 amide bonds. The first-order chi connectivity index (χ1) is 19.0. The molecule has 0 aromatic heterocycles. The highest BCUT2D eigenvalue weighted by atomic mass is 32.2. The van der Waals surface area contributed by atoms with E-state index in [4.69, 9.17) is 18.9 Å². The Balaban J connectivity index is 1.26. The lowest BCUT2D eigenvalue weighted by molar-refractivity contribution is -0.106. The minimum atomic E-state index is -3.96. The summed E-state index contributed by atoms with van der Waals surface area (Å²) in [5, 5.41) is 0. The van der Waals surface area contributed by atoms with Gasteiger partial charge in [-0.05, 0) is 23.3 Å². The van der Waals surface area contributed by atoms with E-state index in [0.29, 0.717) is 13.2 Å². The number of sulfone groups is 1. The van der Waals surface area contributed by atoms with Crippen LogP contribution in [0.4, 0.5) is 0 Å². The average molecular weight is 543 g/mol. The summed E-state index contributed by atoms with van der Waals surface area (Å²) >= 11 is 0. The van der Waals surface area contributed by atoms with Crippen LogP contribution in [0.3, 0.4) is 0 Å². The van der Waals surface area contributed by atoms with E-state index in [1.807, 2.05) is 91.0 Å². The van der Waals surface area contributed by atoms with Crippen LogP contribution in [-0.4, -0.2) is 49.8 Å². The minimum Gasteiger partial charge on any atom is -0.373 e. The lowest BCUT2D eigenvalue weighted by Gasteiger charge is -2.45. The van der Waals surface area contributed by atoms with Crippen LogP contribution in [0, 0.1) is 5.92 Å². The van der Waals surface area contributed by atoms with Gasteiger partial charge in [0.15, 0.2) is 9.84 Å². The third kappa shape index (κ3) is 3.58. The predicted molar refractivity (Wildman–Crippen MR) is 146 cm³/mol. The molecular weight excluding hydrogens is 512 g/mol. The van der Waals surface area contributed by atoms with Crippen molar-refractivity contribution in [3.8, 4) is 0 Å². The molecule has 3 aromatic carbocycles. The van der Waals surface area contributed by atoms with Gasteiger partial charge in [0.2, 0.25) is 0 Å². The molecule has 2 fully saturated rings. The lowest BCUT2D eigenvalue weighted by Crippen LogP contribution is -2.66. The Bertz CT molecular complexity index is 1510. The van der Waals surface area contributed by atoms with Crippen molar-refractivity contribution >= 4 is 9.84 Å². The summed E-state index contributed by atoms with van der Waals surface area (Å²) in [6.07, 6.45) is 6.60. The van der Waals surface area contributed by atoms with E-state index >= 15 is 0 Å². The summed E-state index contributed by atoms with van der Waals surface area (Å²) in [6, 6.07) is 28.4. The molecule has 0 unspecified atom stereocenters. The molecule has 4 aliphatic rings. The summed E-state index contributed by atoms with van der Waals surface area (Å²) < 4.78 is 53.9. The van der Waals surface area contributed by atoms with Crippen molar-refractivity contribution in [1.82, 2.24) is 0 Å². The molecule has 2 saturated heterocycles. The highest BCUT2D eigenvalue weighted by Crippen LogP contribution is 2.68. The van der Waals surface area contributed by atoms with Gasteiger partial charge >= 0.3 is 0 Å². The zero-order valence-corrected chi connectivity index (χ0v) is 22.2. The SMILES string of the molecule is O=S(=O)(c1ccccc1)[C@@]12[C@@H]3C=C[C@@](COCc4ccccc4)(O3)[C@@H]1[C@H]1C=C[C@]2(COCc2ccccc2)O1. The zero-order valence-electron chi connectivity index (χ0n) is 21.4. The molecule has 7 rings (SSSR count). The number of fused-ring (bicyclic) bond motifs is 9. The highest BCUT2D eigenvalue weighted by Gasteiger charge is 2.84. The van der Waals surface area contributed by atoms with Gasteiger partial charge in [-0.15, -0.1) is 0 Å². The van der Waals surface area contributed by atoms with Crippen molar-refractivity contribution in [2.75, 3.05) is 13.2 Å². The van der Waals surface area contributed by atoms with E-state index in [1.165, 1.54) is 0 Å². The van der Waals surface area contributed by atoms with Gasteiger partial charge in [0.1, 0.15) is 22.1 Å². The highest BCUT2D eigenvalue weighted by molar-refractivity contribution is 7.93. The fourth-order valence-electron chi connectivity index (χ4n) is 7.02. The summed E-state index contributed by atoms with van der Waals surface area (Å²) in [4.78, 5) is 0.256. The fraction of sp³-hybridized carbons (Fsp3) is 0.312. The van der Waals surface area contributed by atoms with Crippen molar-refractivity contribution in [2.24, 2.45) is 5.92 Å². The molecule has 0 spiro atoms. The molecule has 0 aliphatic carbocycles. The van der Waals surface area contributed by atoms with Gasteiger partial charge in [-0.3, -0.25) is 0 Å². The maximum absolute atomic E-state index is 14.8.